The fourth-order valence-corrected chi connectivity index (χ4v) is 4.93. The van der Waals surface area contributed by atoms with Crippen molar-refractivity contribution in [3.05, 3.63) is 93.7 Å². The van der Waals surface area contributed by atoms with Gasteiger partial charge in [-0.15, -0.1) is 10.2 Å². The number of rotatable bonds is 4. The number of aromatic amines is 1. The van der Waals surface area contributed by atoms with E-state index in [0.717, 1.165) is 10.9 Å². The second-order valence-corrected chi connectivity index (χ2v) is 9.28. The van der Waals surface area contributed by atoms with Crippen LogP contribution >= 0.6 is 0 Å². The van der Waals surface area contributed by atoms with Gasteiger partial charge in [-0.25, -0.2) is 9.49 Å². The van der Waals surface area contributed by atoms with Gasteiger partial charge in [-0.05, 0) is 30.7 Å². The van der Waals surface area contributed by atoms with Gasteiger partial charge in [0.2, 0.25) is 0 Å². The fraction of sp³-hybridized carbons (Fsp3) is 0.231. The number of hydrogen-bond donors (Lipinski definition) is 1. The third-order valence-corrected chi connectivity index (χ3v) is 6.68. The molecule has 10 nitrogen and oxygen atoms in total. The Morgan fingerprint density at radius 2 is 1.97 bits per heavy atom. The Hall–Kier alpha value is -4.67. The van der Waals surface area contributed by atoms with Crippen LogP contribution in [0.4, 0.5) is 4.39 Å². The van der Waals surface area contributed by atoms with Crippen molar-refractivity contribution >= 4 is 16.7 Å². The maximum absolute atomic E-state index is 14.9. The van der Waals surface area contributed by atoms with Gasteiger partial charge in [-0.1, -0.05) is 24.3 Å². The predicted octanol–water partition coefficient (Wildman–Crippen LogP) is 2.86. The number of hydrogen-bond acceptors (Lipinski definition) is 6. The van der Waals surface area contributed by atoms with Crippen LogP contribution in [-0.4, -0.2) is 52.1 Å². The summed E-state index contributed by atoms with van der Waals surface area (Å²) in [7, 11) is 1.83. The summed E-state index contributed by atoms with van der Waals surface area (Å²) in [5.41, 5.74) is 1.91. The van der Waals surface area contributed by atoms with Gasteiger partial charge in [0.25, 0.3) is 11.5 Å². The Labute approximate surface area is 210 Å². The number of nitrogens with zero attached hydrogens (tertiary/aromatic N) is 7. The van der Waals surface area contributed by atoms with Crippen molar-refractivity contribution in [3.8, 4) is 11.4 Å². The van der Waals surface area contributed by atoms with E-state index >= 15 is 0 Å². The summed E-state index contributed by atoms with van der Waals surface area (Å²) in [6.07, 6.45) is 3.92. The second kappa shape index (κ2) is 8.77. The van der Waals surface area contributed by atoms with Crippen molar-refractivity contribution in [2.45, 2.75) is 25.9 Å². The maximum Gasteiger partial charge on any atom is 0.272 e. The molecule has 1 unspecified atom stereocenters. The molecule has 3 aromatic heterocycles. The molecule has 0 radical (unpaired) electrons. The molecule has 1 atom stereocenters. The molecular formula is C26H23FN8O2. The number of carbonyl (C=O) groups excluding carboxylic acids is 1. The summed E-state index contributed by atoms with van der Waals surface area (Å²) in [6, 6.07) is 11.6. The highest BCUT2D eigenvalue weighted by molar-refractivity contribution is 5.95. The average Bonchev–Trinajstić information content (AvgIpc) is 3.53. The fourth-order valence-electron chi connectivity index (χ4n) is 4.93. The molecule has 0 aliphatic carbocycles. The average molecular weight is 499 g/mol. The lowest BCUT2D eigenvalue weighted by molar-refractivity contribution is 0.0677. The molecule has 37 heavy (non-hydrogen) atoms. The van der Waals surface area contributed by atoms with E-state index in [9.17, 15) is 14.0 Å². The van der Waals surface area contributed by atoms with Gasteiger partial charge in [-0.3, -0.25) is 14.3 Å². The SMILES string of the molecule is CC1CN(C(=O)c2cc(Cc3n[nH]c(=O)c4ccccc34)ccc2F)Cc2nnc(-c3cnn(C)c3)n21. The number of aromatic nitrogens is 7. The van der Waals surface area contributed by atoms with Crippen LogP contribution in [0.25, 0.3) is 22.2 Å². The van der Waals surface area contributed by atoms with E-state index < -0.39 is 11.7 Å². The molecule has 1 aliphatic heterocycles. The van der Waals surface area contributed by atoms with Crippen LogP contribution in [0, 0.1) is 5.82 Å². The molecule has 0 saturated heterocycles. The standard InChI is InChI=1S/C26H23FN8O2/c1-15-12-34(14-23-30-31-24(35(15)23)17-11-28-33(2)13-17)26(37)20-9-16(7-8-21(20)27)10-22-18-5-3-4-6-19(18)25(36)32-29-22/h3-9,11,13,15H,10,12,14H2,1-2H3,(H,32,36). The first-order chi connectivity index (χ1) is 17.9. The number of aryl methyl sites for hydroxylation is 1. The van der Waals surface area contributed by atoms with Crippen LogP contribution in [0.5, 0.6) is 0 Å². The molecule has 1 N–H and O–H groups in total. The lowest BCUT2D eigenvalue weighted by atomic mass is 10.0. The number of halogens is 1. The monoisotopic (exact) mass is 498 g/mol. The van der Waals surface area contributed by atoms with Gasteiger partial charge in [-0.2, -0.15) is 10.2 Å². The zero-order valence-electron chi connectivity index (χ0n) is 20.2. The number of carbonyl (C=O) groups is 1. The van der Waals surface area contributed by atoms with Gasteiger partial charge in [0.15, 0.2) is 11.6 Å². The summed E-state index contributed by atoms with van der Waals surface area (Å²) in [6.45, 7) is 2.57. The Bertz CT molecular complexity index is 1720. The molecule has 4 heterocycles. The Balaban J connectivity index is 1.28. The first-order valence-corrected chi connectivity index (χ1v) is 11.9. The molecule has 0 bridgehead atoms. The molecule has 0 fully saturated rings. The van der Waals surface area contributed by atoms with Gasteiger partial charge in [0, 0.05) is 31.6 Å². The predicted molar refractivity (Wildman–Crippen MR) is 133 cm³/mol. The van der Waals surface area contributed by atoms with E-state index in [1.54, 1.807) is 40.0 Å². The highest BCUT2D eigenvalue weighted by Crippen LogP contribution is 2.28. The van der Waals surface area contributed by atoms with Gasteiger partial charge in [0.1, 0.15) is 5.82 Å². The maximum atomic E-state index is 14.9. The molecule has 11 heteroatoms. The molecule has 0 saturated carbocycles. The van der Waals surface area contributed by atoms with Crippen LogP contribution in [0.2, 0.25) is 0 Å². The van der Waals surface area contributed by atoms with Crippen molar-refractivity contribution in [2.24, 2.45) is 7.05 Å². The molecule has 186 valence electrons. The Morgan fingerprint density at radius 1 is 1.16 bits per heavy atom. The zero-order valence-corrected chi connectivity index (χ0v) is 20.2. The van der Waals surface area contributed by atoms with Crippen LogP contribution in [0.15, 0.2) is 59.7 Å². The molecule has 1 amide bonds. The number of amides is 1. The van der Waals surface area contributed by atoms with Gasteiger partial charge in [0.05, 0.1) is 41.0 Å². The van der Waals surface area contributed by atoms with Gasteiger partial charge >= 0.3 is 0 Å². The van der Waals surface area contributed by atoms with E-state index in [1.807, 2.05) is 36.9 Å². The number of nitrogens with one attached hydrogen (secondary N) is 1. The molecule has 2 aromatic carbocycles. The zero-order chi connectivity index (χ0) is 25.7. The topological polar surface area (TPSA) is 115 Å². The van der Waals surface area contributed by atoms with Crippen LogP contribution in [0.3, 0.4) is 0 Å². The van der Waals surface area contributed by atoms with Crippen LogP contribution in [-0.2, 0) is 20.0 Å². The summed E-state index contributed by atoms with van der Waals surface area (Å²) in [4.78, 5) is 27.2. The third kappa shape index (κ3) is 3.98. The highest BCUT2D eigenvalue weighted by Gasteiger charge is 2.31. The van der Waals surface area contributed by atoms with E-state index in [-0.39, 0.29) is 23.7 Å². The minimum absolute atomic E-state index is 0.0149. The van der Waals surface area contributed by atoms with Crippen molar-refractivity contribution in [3.63, 3.8) is 0 Å². The Kier molecular flexibility index (Phi) is 5.40. The highest BCUT2D eigenvalue weighted by atomic mass is 19.1. The molecule has 6 rings (SSSR count). The summed E-state index contributed by atoms with van der Waals surface area (Å²) >= 11 is 0. The molecule has 1 aliphatic rings. The van der Waals surface area contributed by atoms with Crippen molar-refractivity contribution in [1.29, 1.82) is 0 Å². The summed E-state index contributed by atoms with van der Waals surface area (Å²) in [5.74, 6) is 0.314. The minimum atomic E-state index is -0.594. The van der Waals surface area contributed by atoms with E-state index in [2.05, 4.69) is 25.5 Å². The molecular weight excluding hydrogens is 475 g/mol. The Morgan fingerprint density at radius 3 is 2.76 bits per heavy atom. The van der Waals surface area contributed by atoms with Crippen molar-refractivity contribution < 1.29 is 9.18 Å². The van der Waals surface area contributed by atoms with E-state index in [4.69, 9.17) is 0 Å². The molecule has 0 spiro atoms. The lowest BCUT2D eigenvalue weighted by Gasteiger charge is -2.32. The summed E-state index contributed by atoms with van der Waals surface area (Å²) in [5, 5.41) is 20.8. The quantitative estimate of drug-likeness (QED) is 0.408. The largest absolute Gasteiger partial charge is 0.329 e. The van der Waals surface area contributed by atoms with Crippen LogP contribution in [0.1, 0.15) is 40.4 Å². The van der Waals surface area contributed by atoms with E-state index in [0.29, 0.717) is 41.3 Å². The van der Waals surface area contributed by atoms with Gasteiger partial charge < -0.3 is 9.47 Å². The molecule has 5 aromatic rings. The smallest absolute Gasteiger partial charge is 0.272 e. The number of H-pyrrole nitrogens is 1. The summed E-state index contributed by atoms with van der Waals surface area (Å²) < 4.78 is 18.6. The van der Waals surface area contributed by atoms with Crippen LogP contribution < -0.4 is 5.56 Å². The minimum Gasteiger partial charge on any atom is -0.329 e. The van der Waals surface area contributed by atoms with Crippen molar-refractivity contribution in [2.75, 3.05) is 6.54 Å². The lowest BCUT2D eigenvalue weighted by Crippen LogP contribution is -2.40. The van der Waals surface area contributed by atoms with E-state index in [1.165, 1.54) is 6.07 Å². The normalized spacial score (nSPS) is 15.2. The third-order valence-electron chi connectivity index (χ3n) is 6.68. The van der Waals surface area contributed by atoms with Crippen molar-refractivity contribution in [1.82, 2.24) is 39.6 Å². The number of fused-ring (bicyclic) bond motifs is 2. The number of benzene rings is 2. The second-order valence-electron chi connectivity index (χ2n) is 9.28. The first-order valence-electron chi connectivity index (χ1n) is 11.9. The first kappa shape index (κ1) is 22.8.